The van der Waals surface area contributed by atoms with Crippen LogP contribution < -0.4 is 0 Å². The molecule has 0 radical (unpaired) electrons. The third kappa shape index (κ3) is 2.57. The molecule has 0 aliphatic heterocycles. The van der Waals surface area contributed by atoms with Crippen molar-refractivity contribution in [2.24, 2.45) is 35.5 Å². The molecule has 0 heterocycles. The zero-order valence-corrected chi connectivity index (χ0v) is 13.4. The highest BCUT2D eigenvalue weighted by Crippen LogP contribution is 2.51. The van der Waals surface area contributed by atoms with Gasteiger partial charge in [-0.1, -0.05) is 38.5 Å². The third-order valence-electron chi connectivity index (χ3n) is 7.87. The zero-order chi connectivity index (χ0) is 13.4. The van der Waals surface area contributed by atoms with Crippen molar-refractivity contribution in [1.82, 2.24) is 0 Å². The van der Waals surface area contributed by atoms with E-state index in [1.54, 1.807) is 89.9 Å². The molecule has 0 heteroatoms. The molecule has 0 aromatic rings. The van der Waals surface area contributed by atoms with E-state index in [1.165, 1.54) is 0 Å². The van der Waals surface area contributed by atoms with Crippen molar-refractivity contribution in [3.05, 3.63) is 0 Å². The van der Waals surface area contributed by atoms with Crippen LogP contribution in [0.5, 0.6) is 0 Å². The van der Waals surface area contributed by atoms with E-state index >= 15 is 0 Å². The van der Waals surface area contributed by atoms with Crippen LogP contribution in [0.4, 0.5) is 0 Å². The molecule has 114 valence electrons. The first-order valence-electron chi connectivity index (χ1n) is 9.92. The standard InChI is InChI=1S/C20H34/c1-3-7-19-15(5-1)9-11-17(19)13-14-18-12-10-16-6-2-4-8-20(16)18/h15-20H,1-14H2/t15?,16?,17-,18?,19?,20?/m0/s1. The molecule has 0 aromatic heterocycles. The predicted octanol–water partition coefficient (Wildman–Crippen LogP) is 6.20. The Morgan fingerprint density at radius 1 is 0.450 bits per heavy atom. The maximum Gasteiger partial charge on any atom is -0.0357 e. The van der Waals surface area contributed by atoms with Crippen LogP contribution in [0.3, 0.4) is 0 Å². The predicted molar refractivity (Wildman–Crippen MR) is 85.6 cm³/mol. The van der Waals surface area contributed by atoms with Gasteiger partial charge < -0.3 is 0 Å². The molecule has 0 nitrogen and oxygen atoms in total. The average molecular weight is 274 g/mol. The number of hydrogen-bond donors (Lipinski definition) is 0. The molecule has 20 heavy (non-hydrogen) atoms. The van der Waals surface area contributed by atoms with Gasteiger partial charge in [-0.2, -0.15) is 0 Å². The molecule has 6 atom stereocenters. The normalized spacial score (nSPS) is 48.0. The lowest BCUT2D eigenvalue weighted by Gasteiger charge is -2.32. The monoisotopic (exact) mass is 274 g/mol. The molecule has 5 unspecified atom stereocenters. The van der Waals surface area contributed by atoms with E-state index in [0.29, 0.717) is 0 Å². The minimum absolute atomic E-state index is 1.14. The Bertz CT molecular complexity index is 288. The summed E-state index contributed by atoms with van der Waals surface area (Å²) in [6, 6.07) is 0. The Hall–Kier alpha value is 0. The summed E-state index contributed by atoms with van der Waals surface area (Å²) in [4.78, 5) is 0. The maximum absolute atomic E-state index is 1.61. The number of hydrogen-bond acceptors (Lipinski definition) is 0. The highest BCUT2D eigenvalue weighted by molar-refractivity contribution is 4.91. The van der Waals surface area contributed by atoms with Crippen LogP contribution in [0.15, 0.2) is 0 Å². The second-order valence-corrected chi connectivity index (χ2v) is 8.67. The summed E-state index contributed by atoms with van der Waals surface area (Å²) in [5.74, 6) is 6.91. The molecular weight excluding hydrogens is 240 g/mol. The summed E-state index contributed by atoms with van der Waals surface area (Å²) in [5, 5.41) is 0. The minimum atomic E-state index is 1.14. The largest absolute Gasteiger partial charge is 0.0530 e. The minimum Gasteiger partial charge on any atom is -0.0530 e. The van der Waals surface area contributed by atoms with Crippen molar-refractivity contribution in [1.29, 1.82) is 0 Å². The van der Waals surface area contributed by atoms with Crippen LogP contribution in [0.2, 0.25) is 0 Å². The fraction of sp³-hybridized carbons (Fsp3) is 1.00. The number of fused-ring (bicyclic) bond motifs is 2. The van der Waals surface area contributed by atoms with Gasteiger partial charge in [0.2, 0.25) is 0 Å². The smallest absolute Gasteiger partial charge is 0.0357 e. The molecule has 4 saturated carbocycles. The molecule has 4 aliphatic rings. The Morgan fingerprint density at radius 3 is 1.40 bits per heavy atom. The van der Waals surface area contributed by atoms with Gasteiger partial charge in [0.05, 0.1) is 0 Å². The van der Waals surface area contributed by atoms with Gasteiger partial charge in [0.15, 0.2) is 0 Å². The van der Waals surface area contributed by atoms with E-state index in [0.717, 1.165) is 35.5 Å². The van der Waals surface area contributed by atoms with Gasteiger partial charge in [-0.05, 0) is 86.9 Å². The first-order chi connectivity index (χ1) is 9.92. The lowest BCUT2D eigenvalue weighted by Crippen LogP contribution is -2.22. The fourth-order valence-corrected chi connectivity index (χ4v) is 6.86. The van der Waals surface area contributed by atoms with E-state index in [-0.39, 0.29) is 0 Å². The van der Waals surface area contributed by atoms with Gasteiger partial charge >= 0.3 is 0 Å². The van der Waals surface area contributed by atoms with E-state index < -0.39 is 0 Å². The summed E-state index contributed by atoms with van der Waals surface area (Å²) in [7, 11) is 0. The first-order valence-corrected chi connectivity index (χ1v) is 9.92. The topological polar surface area (TPSA) is 0 Å². The maximum atomic E-state index is 1.61. The van der Waals surface area contributed by atoms with Crippen molar-refractivity contribution in [2.75, 3.05) is 0 Å². The molecule has 4 rings (SSSR count). The van der Waals surface area contributed by atoms with Crippen LogP contribution >= 0.6 is 0 Å². The zero-order valence-electron chi connectivity index (χ0n) is 13.4. The quantitative estimate of drug-likeness (QED) is 0.575. The van der Waals surface area contributed by atoms with Gasteiger partial charge in [-0.3, -0.25) is 0 Å². The van der Waals surface area contributed by atoms with Gasteiger partial charge in [0, 0.05) is 0 Å². The van der Waals surface area contributed by atoms with E-state index in [4.69, 9.17) is 0 Å². The highest BCUT2D eigenvalue weighted by Gasteiger charge is 2.40. The van der Waals surface area contributed by atoms with E-state index in [9.17, 15) is 0 Å². The van der Waals surface area contributed by atoms with Gasteiger partial charge in [0.1, 0.15) is 0 Å². The van der Waals surface area contributed by atoms with Crippen LogP contribution in [0.1, 0.15) is 89.9 Å². The Balaban J connectivity index is 1.30. The van der Waals surface area contributed by atoms with Crippen molar-refractivity contribution in [3.63, 3.8) is 0 Å². The molecule has 0 N–H and O–H groups in total. The molecule has 0 saturated heterocycles. The Labute approximate surface area is 126 Å². The highest BCUT2D eigenvalue weighted by atomic mass is 14.5. The lowest BCUT2D eigenvalue weighted by atomic mass is 9.74. The average Bonchev–Trinajstić information content (AvgIpc) is 3.09. The molecule has 0 bridgehead atoms. The summed E-state index contributed by atoms with van der Waals surface area (Å²) in [6.45, 7) is 0. The van der Waals surface area contributed by atoms with Crippen molar-refractivity contribution >= 4 is 0 Å². The van der Waals surface area contributed by atoms with E-state index in [1.807, 2.05) is 0 Å². The van der Waals surface area contributed by atoms with Crippen LogP contribution in [0, 0.1) is 35.5 Å². The van der Waals surface area contributed by atoms with Gasteiger partial charge in [-0.15, -0.1) is 0 Å². The fourth-order valence-electron chi connectivity index (χ4n) is 6.86. The van der Waals surface area contributed by atoms with Crippen LogP contribution in [-0.2, 0) is 0 Å². The van der Waals surface area contributed by atoms with Gasteiger partial charge in [-0.25, -0.2) is 0 Å². The second-order valence-electron chi connectivity index (χ2n) is 8.67. The van der Waals surface area contributed by atoms with Crippen molar-refractivity contribution in [2.45, 2.75) is 89.9 Å². The molecule has 0 spiro atoms. The lowest BCUT2D eigenvalue weighted by molar-refractivity contribution is 0.187. The molecule has 0 amide bonds. The van der Waals surface area contributed by atoms with Crippen LogP contribution in [0.25, 0.3) is 0 Å². The summed E-state index contributed by atoms with van der Waals surface area (Å²) in [6.07, 6.45) is 22.1. The Morgan fingerprint density at radius 2 is 0.900 bits per heavy atom. The molecule has 4 fully saturated rings. The summed E-state index contributed by atoms with van der Waals surface area (Å²) < 4.78 is 0. The summed E-state index contributed by atoms with van der Waals surface area (Å²) >= 11 is 0. The third-order valence-corrected chi connectivity index (χ3v) is 7.87. The van der Waals surface area contributed by atoms with E-state index in [2.05, 4.69) is 0 Å². The number of rotatable bonds is 3. The second kappa shape index (κ2) is 6.01. The molecule has 0 aromatic carbocycles. The Kier molecular flexibility index (Phi) is 4.10. The molecule has 4 aliphatic carbocycles. The first kappa shape index (κ1) is 13.6. The summed E-state index contributed by atoms with van der Waals surface area (Å²) in [5.41, 5.74) is 0. The van der Waals surface area contributed by atoms with Crippen molar-refractivity contribution < 1.29 is 0 Å². The molecular formula is C20H34. The van der Waals surface area contributed by atoms with Crippen LogP contribution in [-0.4, -0.2) is 0 Å². The van der Waals surface area contributed by atoms with Crippen molar-refractivity contribution in [3.8, 4) is 0 Å². The van der Waals surface area contributed by atoms with Gasteiger partial charge in [0.25, 0.3) is 0 Å². The SMILES string of the molecule is C1CCC2C(C1)CCC2CC[C@@H]1CCC2CCCCC21.